The van der Waals surface area contributed by atoms with Crippen LogP contribution in [0, 0.1) is 5.92 Å². The Morgan fingerprint density at radius 1 is 1.61 bits per heavy atom. The first-order valence-electron chi connectivity index (χ1n) is 6.34. The lowest BCUT2D eigenvalue weighted by molar-refractivity contribution is 0.0594. The SMILES string of the molecule is COC(=O)c1ccc(CNCC2CCN(C)C2)[nH]1. The molecule has 1 unspecified atom stereocenters. The highest BCUT2D eigenvalue weighted by Gasteiger charge is 2.18. The zero-order chi connectivity index (χ0) is 13.0. The zero-order valence-corrected chi connectivity index (χ0v) is 11.0. The van der Waals surface area contributed by atoms with Crippen molar-refractivity contribution in [3.05, 3.63) is 23.5 Å². The molecule has 1 atom stereocenters. The van der Waals surface area contributed by atoms with Crippen LogP contribution in [0.2, 0.25) is 0 Å². The molecule has 1 fully saturated rings. The number of aromatic amines is 1. The molecule has 2 N–H and O–H groups in total. The van der Waals surface area contributed by atoms with Gasteiger partial charge in [0.05, 0.1) is 7.11 Å². The summed E-state index contributed by atoms with van der Waals surface area (Å²) in [6.45, 7) is 4.15. The minimum absolute atomic E-state index is 0.321. The van der Waals surface area contributed by atoms with Crippen LogP contribution in [-0.4, -0.2) is 49.6 Å². The topological polar surface area (TPSA) is 57.4 Å². The second-order valence-electron chi connectivity index (χ2n) is 4.94. The molecule has 5 nitrogen and oxygen atoms in total. The van der Waals surface area contributed by atoms with E-state index in [1.54, 1.807) is 6.07 Å². The van der Waals surface area contributed by atoms with Crippen LogP contribution in [-0.2, 0) is 11.3 Å². The van der Waals surface area contributed by atoms with Crippen molar-refractivity contribution >= 4 is 5.97 Å². The van der Waals surface area contributed by atoms with E-state index in [1.807, 2.05) is 6.07 Å². The highest BCUT2D eigenvalue weighted by atomic mass is 16.5. The van der Waals surface area contributed by atoms with Gasteiger partial charge in [0.2, 0.25) is 0 Å². The maximum atomic E-state index is 11.3. The van der Waals surface area contributed by atoms with E-state index >= 15 is 0 Å². The van der Waals surface area contributed by atoms with Gasteiger partial charge in [-0.2, -0.15) is 0 Å². The Morgan fingerprint density at radius 3 is 3.11 bits per heavy atom. The fourth-order valence-electron chi connectivity index (χ4n) is 2.38. The summed E-state index contributed by atoms with van der Waals surface area (Å²) in [5.74, 6) is 0.420. The molecule has 2 rings (SSSR count). The van der Waals surface area contributed by atoms with Gasteiger partial charge < -0.3 is 19.9 Å². The molecule has 0 aliphatic carbocycles. The first-order valence-corrected chi connectivity index (χ1v) is 6.34. The molecule has 0 radical (unpaired) electrons. The molecular formula is C13H21N3O2. The van der Waals surface area contributed by atoms with Crippen molar-refractivity contribution < 1.29 is 9.53 Å². The number of hydrogen-bond acceptors (Lipinski definition) is 4. The van der Waals surface area contributed by atoms with E-state index in [1.165, 1.54) is 26.6 Å². The lowest BCUT2D eigenvalue weighted by atomic mass is 10.1. The summed E-state index contributed by atoms with van der Waals surface area (Å²) in [5, 5.41) is 3.42. The van der Waals surface area contributed by atoms with Gasteiger partial charge in [-0.3, -0.25) is 0 Å². The number of nitrogens with zero attached hydrogens (tertiary/aromatic N) is 1. The van der Waals surface area contributed by atoms with Crippen LogP contribution in [0.1, 0.15) is 22.6 Å². The van der Waals surface area contributed by atoms with Gasteiger partial charge in [0.25, 0.3) is 0 Å². The number of hydrogen-bond donors (Lipinski definition) is 2. The normalized spacial score (nSPS) is 20.2. The van der Waals surface area contributed by atoms with E-state index in [0.29, 0.717) is 5.69 Å². The number of carbonyl (C=O) groups excluding carboxylic acids is 1. The number of H-pyrrole nitrogens is 1. The van der Waals surface area contributed by atoms with E-state index < -0.39 is 0 Å². The molecule has 0 saturated carbocycles. The molecule has 100 valence electrons. The summed E-state index contributed by atoms with van der Waals surface area (Å²) in [6.07, 6.45) is 1.27. The number of carbonyl (C=O) groups is 1. The average Bonchev–Trinajstić information content (AvgIpc) is 2.98. The second-order valence-corrected chi connectivity index (χ2v) is 4.94. The molecule has 18 heavy (non-hydrogen) atoms. The third kappa shape index (κ3) is 3.34. The lowest BCUT2D eigenvalue weighted by Crippen LogP contribution is -2.24. The van der Waals surface area contributed by atoms with E-state index in [2.05, 4.69) is 27.0 Å². The van der Waals surface area contributed by atoms with Gasteiger partial charge >= 0.3 is 5.97 Å². The van der Waals surface area contributed by atoms with Crippen LogP contribution < -0.4 is 5.32 Å². The van der Waals surface area contributed by atoms with E-state index in [9.17, 15) is 4.79 Å². The number of aromatic nitrogens is 1. The molecule has 2 heterocycles. The number of nitrogens with one attached hydrogen (secondary N) is 2. The summed E-state index contributed by atoms with van der Waals surface area (Å²) < 4.78 is 4.65. The third-order valence-corrected chi connectivity index (χ3v) is 3.39. The lowest BCUT2D eigenvalue weighted by Gasteiger charge is -2.11. The predicted molar refractivity (Wildman–Crippen MR) is 69.4 cm³/mol. The molecule has 1 aliphatic rings. The summed E-state index contributed by atoms with van der Waals surface area (Å²) in [4.78, 5) is 16.7. The van der Waals surface area contributed by atoms with Crippen molar-refractivity contribution in [2.24, 2.45) is 5.92 Å². The molecule has 0 bridgehead atoms. The molecule has 1 aromatic rings. The summed E-state index contributed by atoms with van der Waals surface area (Å²) in [7, 11) is 3.55. The molecule has 0 aromatic carbocycles. The third-order valence-electron chi connectivity index (χ3n) is 3.39. The number of methoxy groups -OCH3 is 1. The Morgan fingerprint density at radius 2 is 2.44 bits per heavy atom. The van der Waals surface area contributed by atoms with Gasteiger partial charge in [-0.25, -0.2) is 4.79 Å². The van der Waals surface area contributed by atoms with Crippen LogP contribution in [0.15, 0.2) is 12.1 Å². The first kappa shape index (κ1) is 13.1. The zero-order valence-electron chi connectivity index (χ0n) is 11.0. The van der Waals surface area contributed by atoms with Gasteiger partial charge in [-0.15, -0.1) is 0 Å². The van der Waals surface area contributed by atoms with Gasteiger partial charge in [-0.1, -0.05) is 0 Å². The summed E-state index contributed by atoms with van der Waals surface area (Å²) in [6, 6.07) is 3.67. The van der Waals surface area contributed by atoms with Crippen molar-refractivity contribution in [2.75, 3.05) is 33.8 Å². The Kier molecular flexibility index (Phi) is 4.38. The van der Waals surface area contributed by atoms with Crippen LogP contribution in [0.25, 0.3) is 0 Å². The minimum atomic E-state index is -0.321. The smallest absolute Gasteiger partial charge is 0.354 e. The maximum Gasteiger partial charge on any atom is 0.354 e. The molecule has 0 amide bonds. The van der Waals surface area contributed by atoms with Crippen LogP contribution >= 0.6 is 0 Å². The quantitative estimate of drug-likeness (QED) is 0.762. The summed E-state index contributed by atoms with van der Waals surface area (Å²) in [5.41, 5.74) is 1.52. The van der Waals surface area contributed by atoms with Crippen LogP contribution in [0.4, 0.5) is 0 Å². The molecular weight excluding hydrogens is 230 g/mol. The van der Waals surface area contributed by atoms with Crippen LogP contribution in [0.5, 0.6) is 0 Å². The second kappa shape index (κ2) is 6.02. The molecule has 0 spiro atoms. The minimum Gasteiger partial charge on any atom is -0.464 e. The Balaban J connectivity index is 1.73. The van der Waals surface area contributed by atoms with Gasteiger partial charge in [0.15, 0.2) is 0 Å². The van der Waals surface area contributed by atoms with E-state index in [-0.39, 0.29) is 5.97 Å². The Bertz CT molecular complexity index is 403. The predicted octanol–water partition coefficient (Wildman–Crippen LogP) is 0.843. The molecule has 5 heteroatoms. The fraction of sp³-hybridized carbons (Fsp3) is 0.615. The average molecular weight is 251 g/mol. The molecule has 1 aromatic heterocycles. The van der Waals surface area contributed by atoms with Gasteiger partial charge in [0, 0.05) is 18.8 Å². The van der Waals surface area contributed by atoms with Gasteiger partial charge in [0.1, 0.15) is 5.69 Å². The largest absolute Gasteiger partial charge is 0.464 e. The van der Waals surface area contributed by atoms with Gasteiger partial charge in [-0.05, 0) is 44.6 Å². The van der Waals surface area contributed by atoms with E-state index in [0.717, 1.165) is 24.7 Å². The summed E-state index contributed by atoms with van der Waals surface area (Å²) >= 11 is 0. The molecule has 1 aliphatic heterocycles. The van der Waals surface area contributed by atoms with Crippen LogP contribution in [0.3, 0.4) is 0 Å². The monoisotopic (exact) mass is 251 g/mol. The highest BCUT2D eigenvalue weighted by Crippen LogP contribution is 2.13. The standard InChI is InChI=1S/C13H21N3O2/c1-16-6-5-10(9-16)7-14-8-11-3-4-12(15-11)13(17)18-2/h3-4,10,14-15H,5-9H2,1-2H3. The number of ether oxygens (including phenoxy) is 1. The van der Waals surface area contributed by atoms with Crippen molar-refractivity contribution in [3.63, 3.8) is 0 Å². The van der Waals surface area contributed by atoms with Crippen molar-refractivity contribution in [3.8, 4) is 0 Å². The van der Waals surface area contributed by atoms with Crippen molar-refractivity contribution in [1.29, 1.82) is 0 Å². The Hall–Kier alpha value is -1.33. The van der Waals surface area contributed by atoms with Crippen molar-refractivity contribution in [1.82, 2.24) is 15.2 Å². The van der Waals surface area contributed by atoms with Crippen molar-refractivity contribution in [2.45, 2.75) is 13.0 Å². The number of rotatable bonds is 5. The highest BCUT2D eigenvalue weighted by molar-refractivity contribution is 5.87. The first-order chi connectivity index (χ1) is 8.69. The Labute approximate surface area is 108 Å². The van der Waals surface area contributed by atoms with E-state index in [4.69, 9.17) is 0 Å². The number of likely N-dealkylation sites (tertiary alicyclic amines) is 1. The number of esters is 1. The molecule has 1 saturated heterocycles. The maximum absolute atomic E-state index is 11.3. The fourth-order valence-corrected chi connectivity index (χ4v) is 2.38.